The lowest BCUT2D eigenvalue weighted by atomic mass is 10.2. The number of halogens is 1. The molecule has 1 aromatic carbocycles. The molecule has 106 valence electrons. The molecule has 5 nitrogen and oxygen atoms in total. The molecule has 0 bridgehead atoms. The van der Waals surface area contributed by atoms with Crippen LogP contribution in [0, 0.1) is 19.7 Å². The largest absolute Gasteiger partial charge is 0.478 e. The van der Waals surface area contributed by atoms with Crippen molar-refractivity contribution in [1.29, 1.82) is 0 Å². The molecular weight excluding hydrogens is 261 g/mol. The minimum Gasteiger partial charge on any atom is -0.478 e. The number of H-pyrrole nitrogens is 1. The van der Waals surface area contributed by atoms with Crippen molar-refractivity contribution in [2.45, 2.75) is 26.9 Å². The summed E-state index contributed by atoms with van der Waals surface area (Å²) < 4.78 is 18.7. The number of aryl methyl sites for hydroxylation is 1. The molecule has 0 aliphatic heterocycles. The van der Waals surface area contributed by atoms with Crippen LogP contribution in [0.5, 0.6) is 5.75 Å². The van der Waals surface area contributed by atoms with E-state index in [1.807, 2.05) is 13.8 Å². The van der Waals surface area contributed by atoms with Gasteiger partial charge in [0, 0.05) is 11.3 Å². The molecule has 1 aromatic heterocycles. The molecule has 6 heteroatoms. The molecule has 0 saturated heterocycles. The minimum absolute atomic E-state index is 0.0464. The van der Waals surface area contributed by atoms with Gasteiger partial charge in [-0.2, -0.15) is 5.10 Å². The summed E-state index contributed by atoms with van der Waals surface area (Å²) in [4.78, 5) is 12.0. The second-order valence-electron chi connectivity index (χ2n) is 4.50. The summed E-state index contributed by atoms with van der Waals surface area (Å²) in [5, 5.41) is 9.39. The topological polar surface area (TPSA) is 67.0 Å². The van der Waals surface area contributed by atoms with Crippen LogP contribution in [-0.2, 0) is 4.79 Å². The van der Waals surface area contributed by atoms with E-state index in [0.717, 1.165) is 11.3 Å². The first-order valence-corrected chi connectivity index (χ1v) is 6.22. The molecule has 1 unspecified atom stereocenters. The second-order valence-corrected chi connectivity index (χ2v) is 4.50. The predicted molar refractivity (Wildman–Crippen MR) is 73.2 cm³/mol. The molecule has 0 radical (unpaired) electrons. The Hall–Kier alpha value is -2.37. The van der Waals surface area contributed by atoms with Gasteiger partial charge >= 0.3 is 0 Å². The highest BCUT2D eigenvalue weighted by atomic mass is 19.1. The lowest BCUT2D eigenvalue weighted by Gasteiger charge is -2.14. The first-order valence-electron chi connectivity index (χ1n) is 6.22. The number of carbonyl (C=O) groups excluding carboxylic acids is 1. The average Bonchev–Trinajstić information content (AvgIpc) is 2.73. The number of anilines is 1. The van der Waals surface area contributed by atoms with Crippen molar-refractivity contribution in [2.75, 3.05) is 5.32 Å². The first kappa shape index (κ1) is 14.0. The summed E-state index contributed by atoms with van der Waals surface area (Å²) >= 11 is 0. The Morgan fingerprint density at radius 3 is 2.70 bits per heavy atom. The summed E-state index contributed by atoms with van der Waals surface area (Å²) in [7, 11) is 0. The molecule has 0 aliphatic carbocycles. The van der Waals surface area contributed by atoms with Gasteiger partial charge in [-0.15, -0.1) is 0 Å². The maximum atomic E-state index is 13.4. The van der Waals surface area contributed by atoms with Crippen LogP contribution in [0.15, 0.2) is 24.3 Å². The monoisotopic (exact) mass is 277 g/mol. The number of hydrogen-bond acceptors (Lipinski definition) is 3. The van der Waals surface area contributed by atoms with Gasteiger partial charge in [0.1, 0.15) is 0 Å². The van der Waals surface area contributed by atoms with Gasteiger partial charge in [-0.25, -0.2) is 4.39 Å². The summed E-state index contributed by atoms with van der Waals surface area (Å²) in [6.45, 7) is 5.25. The molecular formula is C14H16FN3O2. The van der Waals surface area contributed by atoms with Crippen LogP contribution >= 0.6 is 0 Å². The number of nitrogens with one attached hydrogen (secondary N) is 2. The lowest BCUT2D eigenvalue weighted by Crippen LogP contribution is -2.30. The van der Waals surface area contributed by atoms with Gasteiger partial charge < -0.3 is 10.1 Å². The van der Waals surface area contributed by atoms with Crippen molar-refractivity contribution < 1.29 is 13.9 Å². The molecule has 2 aromatic rings. The van der Waals surface area contributed by atoms with E-state index >= 15 is 0 Å². The van der Waals surface area contributed by atoms with Crippen molar-refractivity contribution in [2.24, 2.45) is 0 Å². The molecule has 1 amide bonds. The highest BCUT2D eigenvalue weighted by Crippen LogP contribution is 2.18. The van der Waals surface area contributed by atoms with E-state index in [1.54, 1.807) is 19.1 Å². The van der Waals surface area contributed by atoms with E-state index in [4.69, 9.17) is 4.74 Å². The van der Waals surface area contributed by atoms with Crippen LogP contribution in [0.2, 0.25) is 0 Å². The van der Waals surface area contributed by atoms with Crippen molar-refractivity contribution >= 4 is 11.7 Å². The van der Waals surface area contributed by atoms with Gasteiger partial charge in [-0.05, 0) is 32.9 Å². The molecule has 2 N–H and O–H groups in total. The fourth-order valence-corrected chi connectivity index (χ4v) is 1.61. The van der Waals surface area contributed by atoms with E-state index in [1.165, 1.54) is 12.1 Å². The third kappa shape index (κ3) is 2.96. The average molecular weight is 277 g/mol. The van der Waals surface area contributed by atoms with Crippen LogP contribution in [0.4, 0.5) is 10.2 Å². The second kappa shape index (κ2) is 5.73. The molecule has 1 heterocycles. The predicted octanol–water partition coefficient (Wildman–Crippen LogP) is 2.57. The Bertz CT molecular complexity index is 625. The van der Waals surface area contributed by atoms with E-state index in [9.17, 15) is 9.18 Å². The molecule has 0 fully saturated rings. The van der Waals surface area contributed by atoms with E-state index in [-0.39, 0.29) is 11.7 Å². The smallest absolute Gasteiger partial charge is 0.266 e. The van der Waals surface area contributed by atoms with Gasteiger partial charge in [0.05, 0.1) is 0 Å². The highest BCUT2D eigenvalue weighted by Gasteiger charge is 2.18. The third-order valence-electron chi connectivity index (χ3n) is 3.00. The summed E-state index contributed by atoms with van der Waals surface area (Å²) in [6, 6.07) is 5.96. The van der Waals surface area contributed by atoms with Crippen LogP contribution in [0.1, 0.15) is 18.2 Å². The van der Waals surface area contributed by atoms with Crippen molar-refractivity contribution in [3.8, 4) is 5.75 Å². The van der Waals surface area contributed by atoms with Crippen molar-refractivity contribution in [3.63, 3.8) is 0 Å². The highest BCUT2D eigenvalue weighted by molar-refractivity contribution is 5.93. The van der Waals surface area contributed by atoms with E-state index in [0.29, 0.717) is 5.82 Å². The quantitative estimate of drug-likeness (QED) is 0.902. The van der Waals surface area contributed by atoms with Gasteiger partial charge in [-0.1, -0.05) is 12.1 Å². The number of benzene rings is 1. The number of hydrogen-bond donors (Lipinski definition) is 2. The van der Waals surface area contributed by atoms with Crippen molar-refractivity contribution in [1.82, 2.24) is 10.2 Å². The molecule has 0 spiro atoms. The lowest BCUT2D eigenvalue weighted by molar-refractivity contribution is -0.122. The summed E-state index contributed by atoms with van der Waals surface area (Å²) in [5.74, 6) is -0.386. The zero-order chi connectivity index (χ0) is 14.7. The van der Waals surface area contributed by atoms with Gasteiger partial charge in [0.25, 0.3) is 5.91 Å². The number of para-hydroxylation sites is 1. The molecule has 0 aliphatic rings. The Kier molecular flexibility index (Phi) is 4.02. The van der Waals surface area contributed by atoms with Gasteiger partial charge in [0.2, 0.25) is 0 Å². The van der Waals surface area contributed by atoms with E-state index < -0.39 is 11.9 Å². The summed E-state index contributed by atoms with van der Waals surface area (Å²) in [5.41, 5.74) is 1.74. The zero-order valence-electron chi connectivity index (χ0n) is 11.5. The number of aromatic nitrogens is 2. The van der Waals surface area contributed by atoms with Gasteiger partial charge in [-0.3, -0.25) is 9.89 Å². The van der Waals surface area contributed by atoms with Crippen LogP contribution in [0.3, 0.4) is 0 Å². The maximum absolute atomic E-state index is 13.4. The molecule has 2 rings (SSSR count). The van der Waals surface area contributed by atoms with Crippen LogP contribution < -0.4 is 10.1 Å². The fraction of sp³-hybridized carbons (Fsp3) is 0.286. The third-order valence-corrected chi connectivity index (χ3v) is 3.00. The Labute approximate surface area is 116 Å². The minimum atomic E-state index is -0.830. The molecule has 0 saturated carbocycles. The van der Waals surface area contributed by atoms with Crippen LogP contribution in [-0.4, -0.2) is 22.2 Å². The maximum Gasteiger partial charge on any atom is 0.266 e. The first-order chi connectivity index (χ1) is 9.49. The number of ether oxygens (including phenoxy) is 1. The number of aromatic amines is 1. The van der Waals surface area contributed by atoms with Crippen molar-refractivity contribution in [3.05, 3.63) is 41.3 Å². The normalized spacial score (nSPS) is 12.0. The Balaban J connectivity index is 2.03. The van der Waals surface area contributed by atoms with E-state index in [2.05, 4.69) is 15.5 Å². The Morgan fingerprint density at radius 1 is 1.40 bits per heavy atom. The Morgan fingerprint density at radius 2 is 2.10 bits per heavy atom. The zero-order valence-corrected chi connectivity index (χ0v) is 11.5. The van der Waals surface area contributed by atoms with Crippen LogP contribution in [0.25, 0.3) is 0 Å². The summed E-state index contributed by atoms with van der Waals surface area (Å²) in [6.07, 6.45) is -0.830. The standard InChI is InChI=1S/C14H16FN3O2/c1-8-9(2)17-18-13(8)16-14(19)10(3)20-12-7-5-4-6-11(12)15/h4-7,10H,1-3H3,(H2,16,17,18,19). The number of rotatable bonds is 4. The SMILES string of the molecule is Cc1[nH]nc(NC(=O)C(C)Oc2ccccc2F)c1C. The molecule has 1 atom stereocenters. The van der Waals surface area contributed by atoms with Gasteiger partial charge in [0.15, 0.2) is 23.5 Å². The fourth-order valence-electron chi connectivity index (χ4n) is 1.61. The molecule has 20 heavy (non-hydrogen) atoms. The number of carbonyl (C=O) groups is 1. The number of amides is 1. The number of nitrogens with zero attached hydrogens (tertiary/aromatic N) is 1.